The van der Waals surface area contributed by atoms with E-state index in [1.807, 2.05) is 34.3 Å². The first kappa shape index (κ1) is 12.9. The second kappa shape index (κ2) is 5.13. The molecular weight excluding hydrogens is 272 g/mol. The highest BCUT2D eigenvalue weighted by molar-refractivity contribution is 7.09. The molecule has 6 heteroatoms. The van der Waals surface area contributed by atoms with E-state index in [0.29, 0.717) is 5.95 Å². The van der Waals surface area contributed by atoms with Crippen LogP contribution in [0.25, 0.3) is 11.0 Å². The number of hydrogen-bond acceptors (Lipinski definition) is 5. The van der Waals surface area contributed by atoms with Crippen molar-refractivity contribution in [3.05, 3.63) is 34.8 Å². The predicted octanol–water partition coefficient (Wildman–Crippen LogP) is 3.08. The molecule has 0 aliphatic carbocycles. The highest BCUT2D eigenvalue weighted by Crippen LogP contribution is 2.33. The molecule has 1 unspecified atom stereocenters. The molecule has 3 rings (SSSR count). The van der Waals surface area contributed by atoms with Gasteiger partial charge in [0.05, 0.1) is 18.7 Å². The first-order valence-electron chi connectivity index (χ1n) is 6.46. The van der Waals surface area contributed by atoms with E-state index < -0.39 is 0 Å². The number of thiazole rings is 1. The number of benzene rings is 1. The highest BCUT2D eigenvalue weighted by atomic mass is 32.1. The quantitative estimate of drug-likeness (QED) is 0.801. The van der Waals surface area contributed by atoms with Gasteiger partial charge in [-0.25, -0.2) is 9.97 Å². The zero-order valence-electron chi connectivity index (χ0n) is 11.4. The monoisotopic (exact) mass is 288 g/mol. The number of para-hydroxylation sites is 1. The highest BCUT2D eigenvalue weighted by Gasteiger charge is 2.21. The number of anilines is 1. The summed E-state index contributed by atoms with van der Waals surface area (Å²) in [6.07, 6.45) is 2.72. The van der Waals surface area contributed by atoms with E-state index in [1.165, 1.54) is 0 Å². The predicted molar refractivity (Wildman–Crippen MR) is 81.2 cm³/mol. The number of methoxy groups -OCH3 is 1. The van der Waals surface area contributed by atoms with Crippen LogP contribution in [0.1, 0.15) is 24.4 Å². The second-order valence-corrected chi connectivity index (χ2v) is 5.39. The third-order valence-corrected chi connectivity index (χ3v) is 4.24. The Labute approximate surface area is 121 Å². The number of imidazole rings is 1. The maximum atomic E-state index is 6.13. The molecule has 0 saturated heterocycles. The summed E-state index contributed by atoms with van der Waals surface area (Å²) in [5.41, 5.74) is 7.90. The average molecular weight is 288 g/mol. The molecule has 0 bridgehead atoms. The molecule has 2 N–H and O–H groups in total. The van der Waals surface area contributed by atoms with E-state index in [1.54, 1.807) is 18.4 Å². The SMILES string of the molecule is CCC(c1nccs1)n1c(N)nc2c(OC)cccc21. The van der Waals surface area contributed by atoms with Crippen LogP contribution in [0.2, 0.25) is 0 Å². The molecule has 3 aromatic rings. The Balaban J connectivity index is 2.23. The lowest BCUT2D eigenvalue weighted by Gasteiger charge is -2.16. The van der Waals surface area contributed by atoms with E-state index in [0.717, 1.165) is 28.2 Å². The van der Waals surface area contributed by atoms with Gasteiger partial charge in [0, 0.05) is 11.6 Å². The van der Waals surface area contributed by atoms with Gasteiger partial charge in [-0.15, -0.1) is 11.3 Å². The standard InChI is InChI=1S/C14H16N4OS/c1-3-9(13-16-7-8-20-13)18-10-5-4-6-11(19-2)12(10)17-14(18)15/h4-9H,3H2,1-2H3,(H2,15,17). The summed E-state index contributed by atoms with van der Waals surface area (Å²) in [7, 11) is 1.64. The second-order valence-electron chi connectivity index (χ2n) is 4.46. The molecular formula is C14H16N4OS. The molecule has 0 saturated carbocycles. The normalized spacial score (nSPS) is 12.7. The number of nitrogen functional groups attached to an aromatic ring is 1. The lowest BCUT2D eigenvalue weighted by Crippen LogP contribution is -2.12. The number of rotatable bonds is 4. The van der Waals surface area contributed by atoms with Crippen LogP contribution in [-0.2, 0) is 0 Å². The zero-order valence-corrected chi connectivity index (χ0v) is 12.2. The van der Waals surface area contributed by atoms with Crippen molar-refractivity contribution in [3.8, 4) is 5.75 Å². The average Bonchev–Trinajstić information content (AvgIpc) is 3.08. The Morgan fingerprint density at radius 1 is 1.45 bits per heavy atom. The molecule has 1 aromatic carbocycles. The maximum absolute atomic E-state index is 6.13. The third-order valence-electron chi connectivity index (χ3n) is 3.37. The van der Waals surface area contributed by atoms with Gasteiger partial charge in [0.2, 0.25) is 5.95 Å². The molecule has 2 aromatic heterocycles. The van der Waals surface area contributed by atoms with Crippen LogP contribution >= 0.6 is 11.3 Å². The minimum atomic E-state index is 0.104. The Morgan fingerprint density at radius 2 is 2.30 bits per heavy atom. The minimum absolute atomic E-state index is 0.104. The van der Waals surface area contributed by atoms with Crippen LogP contribution in [0.15, 0.2) is 29.8 Å². The molecule has 0 fully saturated rings. The van der Waals surface area contributed by atoms with E-state index in [9.17, 15) is 0 Å². The van der Waals surface area contributed by atoms with Crippen molar-refractivity contribution in [2.45, 2.75) is 19.4 Å². The van der Waals surface area contributed by atoms with Crippen LogP contribution in [0.4, 0.5) is 5.95 Å². The van der Waals surface area contributed by atoms with Crippen LogP contribution < -0.4 is 10.5 Å². The lowest BCUT2D eigenvalue weighted by molar-refractivity contribution is 0.419. The minimum Gasteiger partial charge on any atom is -0.494 e. The first-order chi connectivity index (χ1) is 9.76. The van der Waals surface area contributed by atoms with Crippen molar-refractivity contribution in [3.63, 3.8) is 0 Å². The number of fused-ring (bicyclic) bond motifs is 1. The number of hydrogen-bond donors (Lipinski definition) is 1. The van der Waals surface area contributed by atoms with Crippen molar-refractivity contribution in [2.75, 3.05) is 12.8 Å². The van der Waals surface area contributed by atoms with Gasteiger partial charge in [0.25, 0.3) is 0 Å². The van der Waals surface area contributed by atoms with E-state index >= 15 is 0 Å². The largest absolute Gasteiger partial charge is 0.494 e. The van der Waals surface area contributed by atoms with Gasteiger partial charge in [0.1, 0.15) is 16.3 Å². The smallest absolute Gasteiger partial charge is 0.202 e. The molecule has 0 aliphatic heterocycles. The number of aromatic nitrogens is 3. The van der Waals surface area contributed by atoms with E-state index in [2.05, 4.69) is 16.9 Å². The van der Waals surface area contributed by atoms with Crippen LogP contribution in [-0.4, -0.2) is 21.6 Å². The fraction of sp³-hybridized carbons (Fsp3) is 0.286. The summed E-state index contributed by atoms with van der Waals surface area (Å²) < 4.78 is 7.39. The number of ether oxygens (including phenoxy) is 1. The van der Waals surface area contributed by atoms with Crippen molar-refractivity contribution in [1.29, 1.82) is 0 Å². The number of nitrogens with zero attached hydrogens (tertiary/aromatic N) is 3. The molecule has 5 nitrogen and oxygen atoms in total. The fourth-order valence-electron chi connectivity index (χ4n) is 2.47. The third kappa shape index (κ3) is 1.92. The topological polar surface area (TPSA) is 66.0 Å². The van der Waals surface area contributed by atoms with E-state index in [4.69, 9.17) is 10.5 Å². The Kier molecular flexibility index (Phi) is 3.31. The Bertz CT molecular complexity index is 720. The molecule has 104 valence electrons. The van der Waals surface area contributed by atoms with Gasteiger partial charge >= 0.3 is 0 Å². The fourth-order valence-corrected chi connectivity index (χ4v) is 3.28. The molecule has 1 atom stereocenters. The van der Waals surface area contributed by atoms with Gasteiger partial charge in [-0.05, 0) is 18.6 Å². The summed E-state index contributed by atoms with van der Waals surface area (Å²) >= 11 is 1.63. The van der Waals surface area contributed by atoms with Crippen molar-refractivity contribution >= 4 is 28.3 Å². The van der Waals surface area contributed by atoms with Crippen LogP contribution in [0.5, 0.6) is 5.75 Å². The van der Waals surface area contributed by atoms with Crippen molar-refractivity contribution < 1.29 is 4.74 Å². The molecule has 20 heavy (non-hydrogen) atoms. The summed E-state index contributed by atoms with van der Waals surface area (Å²) in [5.74, 6) is 1.23. The van der Waals surface area contributed by atoms with Crippen LogP contribution in [0, 0.1) is 0 Å². The lowest BCUT2D eigenvalue weighted by atomic mass is 10.2. The van der Waals surface area contributed by atoms with Gasteiger partial charge in [-0.1, -0.05) is 13.0 Å². The van der Waals surface area contributed by atoms with Crippen molar-refractivity contribution in [2.24, 2.45) is 0 Å². The Morgan fingerprint density at radius 3 is 2.95 bits per heavy atom. The maximum Gasteiger partial charge on any atom is 0.202 e. The van der Waals surface area contributed by atoms with E-state index in [-0.39, 0.29) is 6.04 Å². The van der Waals surface area contributed by atoms with Crippen LogP contribution in [0.3, 0.4) is 0 Å². The van der Waals surface area contributed by atoms with Gasteiger partial charge in [0.15, 0.2) is 0 Å². The first-order valence-corrected chi connectivity index (χ1v) is 7.34. The summed E-state index contributed by atoms with van der Waals surface area (Å²) in [6, 6.07) is 5.96. The van der Waals surface area contributed by atoms with Gasteiger partial charge in [-0.2, -0.15) is 0 Å². The summed E-state index contributed by atoms with van der Waals surface area (Å²) in [6.45, 7) is 2.12. The molecule has 0 amide bonds. The molecule has 0 radical (unpaired) electrons. The summed E-state index contributed by atoms with van der Waals surface area (Å²) in [4.78, 5) is 8.87. The number of nitrogens with two attached hydrogens (primary N) is 1. The summed E-state index contributed by atoms with van der Waals surface area (Å²) in [5, 5.41) is 3.02. The van der Waals surface area contributed by atoms with Crippen molar-refractivity contribution in [1.82, 2.24) is 14.5 Å². The van der Waals surface area contributed by atoms with Gasteiger partial charge in [-0.3, -0.25) is 0 Å². The molecule has 2 heterocycles. The molecule has 0 spiro atoms. The van der Waals surface area contributed by atoms with Gasteiger partial charge < -0.3 is 15.0 Å². The zero-order chi connectivity index (χ0) is 14.1. The Hall–Kier alpha value is -2.08. The molecule has 0 aliphatic rings.